The van der Waals surface area contributed by atoms with Gasteiger partial charge in [-0.05, 0) is 24.6 Å². The lowest BCUT2D eigenvalue weighted by molar-refractivity contribution is 0.398. The molecule has 0 unspecified atom stereocenters. The summed E-state index contributed by atoms with van der Waals surface area (Å²) in [6.07, 6.45) is 3.39. The lowest BCUT2D eigenvalue weighted by Crippen LogP contribution is -2.07. The number of rotatable bonds is 2. The Hall–Kier alpha value is -2.10. The minimum atomic E-state index is -0.0646. The topological polar surface area (TPSA) is 55.0 Å². The lowest BCUT2D eigenvalue weighted by Gasteiger charge is -2.03. The fourth-order valence-corrected chi connectivity index (χ4v) is 1.44. The van der Waals surface area contributed by atoms with Gasteiger partial charge in [0.05, 0.1) is 7.11 Å². The van der Waals surface area contributed by atoms with Gasteiger partial charge in [-0.3, -0.25) is 4.79 Å². The first-order chi connectivity index (χ1) is 7.70. The maximum Gasteiger partial charge on any atom is 0.250 e. The zero-order valence-corrected chi connectivity index (χ0v) is 9.15. The molecule has 0 radical (unpaired) electrons. The highest BCUT2D eigenvalue weighted by atomic mass is 16.5. The van der Waals surface area contributed by atoms with Crippen LogP contribution in [-0.2, 0) is 0 Å². The highest BCUT2D eigenvalue weighted by Gasteiger charge is 2.01. The Morgan fingerprint density at radius 3 is 2.69 bits per heavy atom. The predicted octanol–water partition coefficient (Wildman–Crippen LogP) is 1.75. The van der Waals surface area contributed by atoms with Crippen molar-refractivity contribution in [3.63, 3.8) is 0 Å². The van der Waals surface area contributed by atoms with E-state index in [2.05, 4.69) is 9.97 Å². The van der Waals surface area contributed by atoms with E-state index in [1.165, 1.54) is 0 Å². The Morgan fingerprint density at radius 1 is 1.31 bits per heavy atom. The van der Waals surface area contributed by atoms with Gasteiger partial charge in [0.1, 0.15) is 0 Å². The van der Waals surface area contributed by atoms with Crippen LogP contribution >= 0.6 is 0 Å². The molecule has 0 aliphatic carbocycles. The average Bonchev–Trinajstić information content (AvgIpc) is 2.33. The van der Waals surface area contributed by atoms with Crippen molar-refractivity contribution < 1.29 is 4.74 Å². The van der Waals surface area contributed by atoms with Crippen molar-refractivity contribution in [1.29, 1.82) is 0 Å². The van der Waals surface area contributed by atoms with E-state index in [4.69, 9.17) is 4.74 Å². The molecule has 1 N–H and O–H groups in total. The van der Waals surface area contributed by atoms with E-state index in [0.717, 1.165) is 11.1 Å². The van der Waals surface area contributed by atoms with Gasteiger partial charge in [0, 0.05) is 29.6 Å². The normalized spacial score (nSPS) is 10.1. The zero-order valence-electron chi connectivity index (χ0n) is 9.15. The molecule has 0 fully saturated rings. The number of aryl methyl sites for hydroxylation is 1. The van der Waals surface area contributed by atoms with Crippen molar-refractivity contribution in [2.45, 2.75) is 6.92 Å². The molecule has 0 aliphatic heterocycles. The van der Waals surface area contributed by atoms with Gasteiger partial charge in [0.25, 0.3) is 5.56 Å². The van der Waals surface area contributed by atoms with E-state index in [0.29, 0.717) is 11.4 Å². The molecule has 2 heterocycles. The molecule has 4 heteroatoms. The Balaban J connectivity index is 2.42. The minimum absolute atomic E-state index is 0.0646. The van der Waals surface area contributed by atoms with Crippen LogP contribution in [0.25, 0.3) is 11.1 Å². The van der Waals surface area contributed by atoms with Gasteiger partial charge in [-0.2, -0.15) is 0 Å². The van der Waals surface area contributed by atoms with Gasteiger partial charge in [0.15, 0.2) is 0 Å². The number of pyridine rings is 2. The number of nitrogens with zero attached hydrogens (tertiary/aromatic N) is 1. The molecule has 0 aromatic carbocycles. The van der Waals surface area contributed by atoms with Gasteiger partial charge >= 0.3 is 0 Å². The van der Waals surface area contributed by atoms with Crippen LogP contribution < -0.4 is 10.3 Å². The van der Waals surface area contributed by atoms with Crippen molar-refractivity contribution >= 4 is 0 Å². The number of hydrogen-bond donors (Lipinski definition) is 1. The average molecular weight is 216 g/mol. The highest BCUT2D eigenvalue weighted by Crippen LogP contribution is 2.18. The smallest absolute Gasteiger partial charge is 0.250 e. The van der Waals surface area contributed by atoms with E-state index >= 15 is 0 Å². The number of hydrogen-bond acceptors (Lipinski definition) is 3. The van der Waals surface area contributed by atoms with Crippen LogP contribution in [0.3, 0.4) is 0 Å². The number of ether oxygens (including phenoxy) is 1. The molecular weight excluding hydrogens is 204 g/mol. The maximum atomic E-state index is 11.2. The Kier molecular flexibility index (Phi) is 2.72. The third-order valence-electron chi connectivity index (χ3n) is 2.37. The molecule has 2 rings (SSSR count). The van der Waals surface area contributed by atoms with Gasteiger partial charge in [-0.25, -0.2) is 4.98 Å². The number of nitrogens with one attached hydrogen (secondary N) is 1. The molecule has 0 aliphatic rings. The summed E-state index contributed by atoms with van der Waals surface area (Å²) in [5.41, 5.74) is 2.51. The van der Waals surface area contributed by atoms with E-state index in [1.54, 1.807) is 32.5 Å². The van der Waals surface area contributed by atoms with Crippen molar-refractivity contribution in [2.24, 2.45) is 0 Å². The van der Waals surface area contributed by atoms with Crippen LogP contribution in [0.5, 0.6) is 5.88 Å². The van der Waals surface area contributed by atoms with Crippen molar-refractivity contribution in [2.75, 3.05) is 7.11 Å². The molecule has 82 valence electrons. The van der Waals surface area contributed by atoms with E-state index in [9.17, 15) is 4.79 Å². The molecule has 0 spiro atoms. The fraction of sp³-hybridized carbons (Fsp3) is 0.167. The van der Waals surface area contributed by atoms with Gasteiger partial charge in [0.2, 0.25) is 5.88 Å². The van der Waals surface area contributed by atoms with E-state index < -0.39 is 0 Å². The van der Waals surface area contributed by atoms with Crippen molar-refractivity contribution in [1.82, 2.24) is 9.97 Å². The third-order valence-corrected chi connectivity index (χ3v) is 2.37. The monoisotopic (exact) mass is 216 g/mol. The van der Waals surface area contributed by atoms with Crippen LogP contribution in [0.1, 0.15) is 5.56 Å². The standard InChI is InChI=1S/C12H12N2O2/c1-8-5-10(7-14-12(8)15)9-3-4-11(16-2)13-6-9/h3-7H,1-2H3,(H,14,15). The molecule has 0 amide bonds. The first-order valence-electron chi connectivity index (χ1n) is 4.90. The fourth-order valence-electron chi connectivity index (χ4n) is 1.44. The molecule has 4 nitrogen and oxygen atoms in total. The summed E-state index contributed by atoms with van der Waals surface area (Å²) in [5, 5.41) is 0. The van der Waals surface area contributed by atoms with E-state index in [1.807, 2.05) is 12.1 Å². The van der Waals surface area contributed by atoms with Crippen molar-refractivity contribution in [3.05, 3.63) is 46.5 Å². The summed E-state index contributed by atoms with van der Waals surface area (Å²) >= 11 is 0. The number of aromatic nitrogens is 2. The second-order valence-corrected chi connectivity index (χ2v) is 3.49. The number of methoxy groups -OCH3 is 1. The summed E-state index contributed by atoms with van der Waals surface area (Å²) in [4.78, 5) is 18.0. The predicted molar refractivity (Wildman–Crippen MR) is 61.6 cm³/mol. The highest BCUT2D eigenvalue weighted by molar-refractivity contribution is 5.62. The van der Waals surface area contributed by atoms with Crippen molar-refractivity contribution in [3.8, 4) is 17.0 Å². The molecule has 16 heavy (non-hydrogen) atoms. The first kappa shape index (κ1) is 10.4. The second-order valence-electron chi connectivity index (χ2n) is 3.49. The Morgan fingerprint density at radius 2 is 2.12 bits per heavy atom. The summed E-state index contributed by atoms with van der Waals surface area (Å²) in [6.45, 7) is 1.78. The van der Waals surface area contributed by atoms with Crippen LogP contribution in [0.4, 0.5) is 0 Å². The largest absolute Gasteiger partial charge is 0.481 e. The SMILES string of the molecule is COc1ccc(-c2c[nH]c(=O)c(C)c2)cn1. The van der Waals surface area contributed by atoms with Gasteiger partial charge in [-0.1, -0.05) is 0 Å². The van der Waals surface area contributed by atoms with Crippen LogP contribution in [0.15, 0.2) is 35.4 Å². The molecular formula is C12H12N2O2. The van der Waals surface area contributed by atoms with E-state index in [-0.39, 0.29) is 5.56 Å². The molecule has 0 bridgehead atoms. The maximum absolute atomic E-state index is 11.2. The van der Waals surface area contributed by atoms with Crippen LogP contribution in [0.2, 0.25) is 0 Å². The summed E-state index contributed by atoms with van der Waals surface area (Å²) < 4.78 is 4.98. The van der Waals surface area contributed by atoms with Gasteiger partial charge in [-0.15, -0.1) is 0 Å². The summed E-state index contributed by atoms with van der Waals surface area (Å²) in [7, 11) is 1.58. The molecule has 0 saturated heterocycles. The molecule has 2 aromatic heterocycles. The van der Waals surface area contributed by atoms with Crippen LogP contribution in [-0.4, -0.2) is 17.1 Å². The van der Waals surface area contributed by atoms with Crippen LogP contribution in [0, 0.1) is 6.92 Å². The number of aromatic amines is 1. The third kappa shape index (κ3) is 1.95. The lowest BCUT2D eigenvalue weighted by atomic mass is 10.1. The summed E-state index contributed by atoms with van der Waals surface area (Å²) in [6, 6.07) is 5.52. The summed E-state index contributed by atoms with van der Waals surface area (Å²) in [5.74, 6) is 0.574. The number of H-pyrrole nitrogens is 1. The molecule has 2 aromatic rings. The minimum Gasteiger partial charge on any atom is -0.481 e. The Labute approximate surface area is 92.9 Å². The molecule has 0 atom stereocenters. The first-order valence-corrected chi connectivity index (χ1v) is 4.90. The zero-order chi connectivity index (χ0) is 11.5. The quantitative estimate of drug-likeness (QED) is 0.832. The Bertz CT molecular complexity index is 544. The second kappa shape index (κ2) is 4.18. The molecule has 0 saturated carbocycles. The van der Waals surface area contributed by atoms with Gasteiger partial charge < -0.3 is 9.72 Å².